The summed E-state index contributed by atoms with van der Waals surface area (Å²) >= 11 is 0. The topological polar surface area (TPSA) is 18.5 Å². The Morgan fingerprint density at radius 1 is 1.14 bits per heavy atom. The Labute approximate surface area is 84.8 Å². The van der Waals surface area contributed by atoms with Crippen molar-refractivity contribution in [3.8, 4) is 11.5 Å². The third-order valence-electron chi connectivity index (χ3n) is 2.47. The molecular weight excluding hydrogens is 176 g/mol. The smallest absolute Gasteiger partial charge is 0.161 e. The molecule has 0 aliphatic carbocycles. The summed E-state index contributed by atoms with van der Waals surface area (Å²) in [5.41, 5.74) is 0.119. The summed E-state index contributed by atoms with van der Waals surface area (Å²) in [5, 5.41) is 0. The van der Waals surface area contributed by atoms with Crippen LogP contribution in [0, 0.1) is 5.41 Å². The molecular formula is C12H16O2. The summed E-state index contributed by atoms with van der Waals surface area (Å²) in [5.74, 6) is 1.71. The van der Waals surface area contributed by atoms with Crippen LogP contribution in [0.2, 0.25) is 0 Å². The van der Waals surface area contributed by atoms with Crippen molar-refractivity contribution < 1.29 is 9.47 Å². The highest BCUT2D eigenvalue weighted by molar-refractivity contribution is 5.40. The molecule has 1 heterocycles. The highest BCUT2D eigenvalue weighted by Crippen LogP contribution is 2.35. The van der Waals surface area contributed by atoms with Gasteiger partial charge in [-0.3, -0.25) is 0 Å². The highest BCUT2D eigenvalue weighted by atomic mass is 16.6. The molecule has 1 atom stereocenters. The van der Waals surface area contributed by atoms with E-state index in [1.54, 1.807) is 0 Å². The second-order valence-electron chi connectivity index (χ2n) is 4.73. The van der Waals surface area contributed by atoms with Crippen molar-refractivity contribution >= 4 is 0 Å². The van der Waals surface area contributed by atoms with Crippen LogP contribution in [0.3, 0.4) is 0 Å². The molecule has 0 aromatic heterocycles. The summed E-state index contributed by atoms with van der Waals surface area (Å²) in [6.07, 6.45) is 0.136. The Morgan fingerprint density at radius 2 is 1.79 bits per heavy atom. The second kappa shape index (κ2) is 3.19. The van der Waals surface area contributed by atoms with Gasteiger partial charge in [-0.05, 0) is 12.1 Å². The molecule has 0 N–H and O–H groups in total. The van der Waals surface area contributed by atoms with Crippen molar-refractivity contribution in [2.45, 2.75) is 26.9 Å². The van der Waals surface area contributed by atoms with Crippen LogP contribution < -0.4 is 9.47 Å². The van der Waals surface area contributed by atoms with Gasteiger partial charge in [-0.1, -0.05) is 32.9 Å². The Kier molecular flexibility index (Phi) is 2.14. The minimum Gasteiger partial charge on any atom is -0.486 e. The molecule has 0 radical (unpaired) electrons. The van der Waals surface area contributed by atoms with Gasteiger partial charge in [0.05, 0.1) is 0 Å². The molecule has 14 heavy (non-hydrogen) atoms. The van der Waals surface area contributed by atoms with Crippen molar-refractivity contribution in [2.24, 2.45) is 5.41 Å². The Bertz CT molecular complexity index is 325. The number of fused-ring (bicyclic) bond motifs is 1. The van der Waals surface area contributed by atoms with Crippen LogP contribution in [-0.4, -0.2) is 12.7 Å². The molecule has 1 aliphatic rings. The van der Waals surface area contributed by atoms with E-state index in [0.717, 1.165) is 11.5 Å². The molecule has 0 saturated carbocycles. The van der Waals surface area contributed by atoms with E-state index in [1.165, 1.54) is 0 Å². The van der Waals surface area contributed by atoms with E-state index in [9.17, 15) is 0 Å². The molecule has 76 valence electrons. The van der Waals surface area contributed by atoms with Crippen LogP contribution in [0.15, 0.2) is 24.3 Å². The number of ether oxygens (including phenoxy) is 2. The van der Waals surface area contributed by atoms with E-state index in [4.69, 9.17) is 9.47 Å². The van der Waals surface area contributed by atoms with Crippen molar-refractivity contribution in [3.05, 3.63) is 24.3 Å². The first kappa shape index (κ1) is 9.38. The normalized spacial score (nSPS) is 20.6. The monoisotopic (exact) mass is 192 g/mol. The van der Waals surface area contributed by atoms with E-state index in [0.29, 0.717) is 6.61 Å². The maximum absolute atomic E-state index is 5.87. The third kappa shape index (κ3) is 1.69. The van der Waals surface area contributed by atoms with Crippen molar-refractivity contribution in [1.82, 2.24) is 0 Å². The maximum atomic E-state index is 5.87. The molecule has 0 unspecified atom stereocenters. The standard InChI is InChI=1S/C12H16O2/c1-12(2,3)11-8-13-9-6-4-5-7-10(9)14-11/h4-7,11H,8H2,1-3H3/t11-/m0/s1. The minimum absolute atomic E-state index is 0.119. The van der Waals surface area contributed by atoms with E-state index in [2.05, 4.69) is 20.8 Å². The van der Waals surface area contributed by atoms with Crippen LogP contribution in [0.1, 0.15) is 20.8 Å². The van der Waals surface area contributed by atoms with Gasteiger partial charge < -0.3 is 9.47 Å². The molecule has 1 aromatic rings. The van der Waals surface area contributed by atoms with Gasteiger partial charge >= 0.3 is 0 Å². The van der Waals surface area contributed by atoms with Crippen LogP contribution in [0.5, 0.6) is 11.5 Å². The fraction of sp³-hybridized carbons (Fsp3) is 0.500. The molecule has 0 amide bonds. The lowest BCUT2D eigenvalue weighted by molar-refractivity contribution is 0.0163. The van der Waals surface area contributed by atoms with E-state index in [-0.39, 0.29) is 11.5 Å². The number of benzene rings is 1. The number of para-hydroxylation sites is 2. The van der Waals surface area contributed by atoms with Crippen LogP contribution >= 0.6 is 0 Å². The number of hydrogen-bond acceptors (Lipinski definition) is 2. The van der Waals surface area contributed by atoms with E-state index in [1.807, 2.05) is 24.3 Å². The Balaban J connectivity index is 2.22. The van der Waals surface area contributed by atoms with E-state index < -0.39 is 0 Å². The van der Waals surface area contributed by atoms with Gasteiger partial charge in [0.2, 0.25) is 0 Å². The molecule has 2 nitrogen and oxygen atoms in total. The average molecular weight is 192 g/mol. The molecule has 2 heteroatoms. The zero-order chi connectivity index (χ0) is 10.2. The lowest BCUT2D eigenvalue weighted by atomic mass is 9.89. The molecule has 0 saturated heterocycles. The fourth-order valence-corrected chi connectivity index (χ4v) is 1.45. The number of rotatable bonds is 0. The van der Waals surface area contributed by atoms with Crippen LogP contribution in [0.25, 0.3) is 0 Å². The summed E-state index contributed by atoms with van der Waals surface area (Å²) in [6, 6.07) is 7.81. The predicted molar refractivity (Wildman–Crippen MR) is 55.8 cm³/mol. The molecule has 0 bridgehead atoms. The summed E-state index contributed by atoms with van der Waals surface area (Å²) in [7, 11) is 0. The van der Waals surface area contributed by atoms with Gasteiger partial charge in [-0.15, -0.1) is 0 Å². The van der Waals surface area contributed by atoms with Gasteiger partial charge in [0.1, 0.15) is 12.7 Å². The van der Waals surface area contributed by atoms with Crippen LogP contribution in [0.4, 0.5) is 0 Å². The highest BCUT2D eigenvalue weighted by Gasteiger charge is 2.31. The van der Waals surface area contributed by atoms with Gasteiger partial charge in [-0.25, -0.2) is 0 Å². The van der Waals surface area contributed by atoms with Crippen molar-refractivity contribution in [1.29, 1.82) is 0 Å². The fourth-order valence-electron chi connectivity index (χ4n) is 1.45. The maximum Gasteiger partial charge on any atom is 0.161 e. The summed E-state index contributed by atoms with van der Waals surface area (Å²) in [6.45, 7) is 7.12. The average Bonchev–Trinajstić information content (AvgIpc) is 2.16. The first-order valence-electron chi connectivity index (χ1n) is 4.96. The van der Waals surface area contributed by atoms with Gasteiger partial charge in [-0.2, -0.15) is 0 Å². The van der Waals surface area contributed by atoms with E-state index >= 15 is 0 Å². The quantitative estimate of drug-likeness (QED) is 0.629. The molecule has 2 rings (SSSR count). The molecule has 1 aromatic carbocycles. The van der Waals surface area contributed by atoms with Crippen LogP contribution in [-0.2, 0) is 0 Å². The SMILES string of the molecule is CC(C)(C)[C@@H]1COc2ccccc2O1. The number of hydrogen-bond donors (Lipinski definition) is 0. The Hall–Kier alpha value is -1.18. The molecule has 1 aliphatic heterocycles. The third-order valence-corrected chi connectivity index (χ3v) is 2.47. The predicted octanol–water partition coefficient (Wildman–Crippen LogP) is 2.87. The zero-order valence-electron chi connectivity index (χ0n) is 8.91. The molecule has 0 fully saturated rings. The first-order valence-corrected chi connectivity index (χ1v) is 4.96. The van der Waals surface area contributed by atoms with Crippen molar-refractivity contribution in [2.75, 3.05) is 6.61 Å². The zero-order valence-corrected chi connectivity index (χ0v) is 8.91. The molecule has 0 spiro atoms. The summed E-state index contributed by atoms with van der Waals surface area (Å²) in [4.78, 5) is 0. The lowest BCUT2D eigenvalue weighted by Crippen LogP contribution is -2.39. The minimum atomic E-state index is 0.119. The van der Waals surface area contributed by atoms with Gasteiger partial charge in [0.15, 0.2) is 11.5 Å². The second-order valence-corrected chi connectivity index (χ2v) is 4.73. The summed E-state index contributed by atoms with van der Waals surface area (Å²) < 4.78 is 11.5. The van der Waals surface area contributed by atoms with Crippen molar-refractivity contribution in [3.63, 3.8) is 0 Å². The lowest BCUT2D eigenvalue weighted by Gasteiger charge is -2.34. The largest absolute Gasteiger partial charge is 0.486 e. The Morgan fingerprint density at radius 3 is 2.43 bits per heavy atom. The van der Waals surface area contributed by atoms with Gasteiger partial charge in [0, 0.05) is 5.41 Å². The first-order chi connectivity index (χ1) is 6.57. The van der Waals surface area contributed by atoms with Gasteiger partial charge in [0.25, 0.3) is 0 Å².